The summed E-state index contributed by atoms with van der Waals surface area (Å²) in [5.74, 6) is 0.587. The summed E-state index contributed by atoms with van der Waals surface area (Å²) in [6.45, 7) is 10.8. The minimum Gasteiger partial charge on any atom is -0.452 e. The summed E-state index contributed by atoms with van der Waals surface area (Å²) in [7, 11) is -3.58. The predicted octanol–water partition coefficient (Wildman–Crippen LogP) is 3.13. The van der Waals surface area contributed by atoms with Crippen LogP contribution in [0.15, 0.2) is 32.7 Å². The van der Waals surface area contributed by atoms with Gasteiger partial charge in [0.05, 0.1) is 6.54 Å². The van der Waals surface area contributed by atoms with Gasteiger partial charge in [0.1, 0.15) is 10.7 Å². The Hall–Kier alpha value is -0.630. The number of nitrogens with one attached hydrogen (secondary N) is 1. The molecule has 5 nitrogen and oxygen atoms in total. The number of furan rings is 1. The second-order valence-electron chi connectivity index (χ2n) is 5.04. The molecule has 0 unspecified atom stereocenters. The number of hydrogen-bond donors (Lipinski definition) is 1. The van der Waals surface area contributed by atoms with Gasteiger partial charge in [0.25, 0.3) is 0 Å². The van der Waals surface area contributed by atoms with Crippen LogP contribution in [0.4, 0.5) is 0 Å². The van der Waals surface area contributed by atoms with Gasteiger partial charge < -0.3 is 9.73 Å². The summed E-state index contributed by atoms with van der Waals surface area (Å²) in [5, 5.41) is 3.19. The molecule has 0 fully saturated rings. The van der Waals surface area contributed by atoms with E-state index in [0.717, 1.165) is 6.42 Å². The average molecular weight is 379 g/mol. The van der Waals surface area contributed by atoms with E-state index in [4.69, 9.17) is 4.42 Å². The van der Waals surface area contributed by atoms with Crippen LogP contribution in [0.3, 0.4) is 0 Å². The van der Waals surface area contributed by atoms with E-state index in [9.17, 15) is 8.42 Å². The predicted molar refractivity (Wildman–Crippen MR) is 87.6 cm³/mol. The highest BCUT2D eigenvalue weighted by molar-refractivity contribution is 9.10. The SMILES string of the molecule is C=CCN(CCC)S(=O)(=O)c1cc(CNC(C)C)oc1Br. The maximum atomic E-state index is 12.7. The van der Waals surface area contributed by atoms with Crippen LogP contribution in [0.2, 0.25) is 0 Å². The monoisotopic (exact) mass is 378 g/mol. The summed E-state index contributed by atoms with van der Waals surface area (Å²) < 4.78 is 32.4. The van der Waals surface area contributed by atoms with Gasteiger partial charge in [0.15, 0.2) is 4.67 Å². The smallest absolute Gasteiger partial charge is 0.247 e. The van der Waals surface area contributed by atoms with Crippen LogP contribution in [0.1, 0.15) is 33.0 Å². The van der Waals surface area contributed by atoms with Gasteiger partial charge in [0.2, 0.25) is 10.0 Å². The van der Waals surface area contributed by atoms with E-state index in [2.05, 4.69) is 27.8 Å². The maximum Gasteiger partial charge on any atom is 0.247 e. The summed E-state index contributed by atoms with van der Waals surface area (Å²) >= 11 is 3.20. The summed E-state index contributed by atoms with van der Waals surface area (Å²) in [6.07, 6.45) is 2.33. The Morgan fingerprint density at radius 1 is 1.52 bits per heavy atom. The molecule has 0 aliphatic heterocycles. The highest BCUT2D eigenvalue weighted by Crippen LogP contribution is 2.29. The molecule has 1 aromatic rings. The van der Waals surface area contributed by atoms with Crippen LogP contribution in [-0.4, -0.2) is 31.9 Å². The molecule has 21 heavy (non-hydrogen) atoms. The van der Waals surface area contributed by atoms with Crippen LogP contribution >= 0.6 is 15.9 Å². The van der Waals surface area contributed by atoms with Gasteiger partial charge in [-0.3, -0.25) is 0 Å². The number of nitrogens with zero attached hydrogens (tertiary/aromatic N) is 1. The third-order valence-electron chi connectivity index (χ3n) is 2.81. The third kappa shape index (κ3) is 4.95. The number of sulfonamides is 1. The zero-order valence-corrected chi connectivity index (χ0v) is 15.1. The molecular formula is C14H23BrN2O3S. The quantitative estimate of drug-likeness (QED) is 0.670. The molecule has 0 amide bonds. The Bertz CT molecular complexity index is 567. The zero-order valence-electron chi connectivity index (χ0n) is 12.7. The van der Waals surface area contributed by atoms with Crippen molar-refractivity contribution in [3.63, 3.8) is 0 Å². The van der Waals surface area contributed by atoms with Gasteiger partial charge in [-0.05, 0) is 22.4 Å². The number of hydrogen-bond acceptors (Lipinski definition) is 4. The molecule has 0 bridgehead atoms. The van der Waals surface area contributed by atoms with Crippen molar-refractivity contribution in [2.24, 2.45) is 0 Å². The molecule has 0 aromatic carbocycles. The minimum absolute atomic E-state index is 0.165. The Labute approximate surface area is 135 Å². The molecule has 1 rings (SSSR count). The average Bonchev–Trinajstić information content (AvgIpc) is 2.78. The Morgan fingerprint density at radius 2 is 2.19 bits per heavy atom. The molecule has 7 heteroatoms. The van der Waals surface area contributed by atoms with E-state index in [1.165, 1.54) is 4.31 Å². The molecule has 0 aliphatic rings. The molecular weight excluding hydrogens is 356 g/mol. The van der Waals surface area contributed by atoms with Gasteiger partial charge in [0, 0.05) is 25.2 Å². The molecule has 0 aliphatic carbocycles. The van der Waals surface area contributed by atoms with Crippen molar-refractivity contribution in [2.45, 2.75) is 44.7 Å². The lowest BCUT2D eigenvalue weighted by atomic mass is 10.3. The molecule has 1 heterocycles. The summed E-state index contributed by atoms with van der Waals surface area (Å²) in [4.78, 5) is 0.165. The molecule has 0 atom stereocenters. The Morgan fingerprint density at radius 3 is 2.71 bits per heavy atom. The van der Waals surface area contributed by atoms with Gasteiger partial charge in [-0.25, -0.2) is 8.42 Å². The largest absolute Gasteiger partial charge is 0.452 e. The van der Waals surface area contributed by atoms with E-state index in [1.807, 2.05) is 20.8 Å². The third-order valence-corrected chi connectivity index (χ3v) is 5.54. The molecule has 0 spiro atoms. The van der Waals surface area contributed by atoms with Crippen LogP contribution < -0.4 is 5.32 Å². The van der Waals surface area contributed by atoms with Crippen molar-refractivity contribution in [2.75, 3.05) is 13.1 Å². The van der Waals surface area contributed by atoms with Crippen molar-refractivity contribution in [1.29, 1.82) is 0 Å². The van der Waals surface area contributed by atoms with Gasteiger partial charge in [-0.1, -0.05) is 26.8 Å². The number of halogens is 1. The second kappa shape index (κ2) is 8.12. The summed E-state index contributed by atoms with van der Waals surface area (Å²) in [5.41, 5.74) is 0. The van der Waals surface area contributed by atoms with Crippen LogP contribution in [0, 0.1) is 0 Å². The molecule has 1 N–H and O–H groups in total. The van der Waals surface area contributed by atoms with Gasteiger partial charge in [-0.2, -0.15) is 4.31 Å². The molecule has 1 aromatic heterocycles. The van der Waals surface area contributed by atoms with E-state index in [-0.39, 0.29) is 16.1 Å². The standard InChI is InChI=1S/C14H23BrN2O3S/c1-5-7-17(8-6-2)21(18,19)13-9-12(20-14(13)15)10-16-11(3)4/h5,9,11,16H,1,6-8,10H2,2-4H3. The van der Waals surface area contributed by atoms with E-state index in [1.54, 1.807) is 12.1 Å². The summed E-state index contributed by atoms with van der Waals surface area (Å²) in [6, 6.07) is 1.87. The highest BCUT2D eigenvalue weighted by atomic mass is 79.9. The molecule has 0 saturated carbocycles. The number of rotatable bonds is 9. The zero-order chi connectivity index (χ0) is 16.0. The Kier molecular flexibility index (Phi) is 7.12. The molecule has 120 valence electrons. The van der Waals surface area contributed by atoms with Gasteiger partial charge >= 0.3 is 0 Å². The Balaban J connectivity index is 3.04. The fourth-order valence-corrected chi connectivity index (χ4v) is 4.27. The van der Waals surface area contributed by atoms with E-state index >= 15 is 0 Å². The molecule has 0 saturated heterocycles. The first-order valence-corrected chi connectivity index (χ1v) is 9.18. The first-order chi connectivity index (χ1) is 9.82. The van der Waals surface area contributed by atoms with Gasteiger partial charge in [-0.15, -0.1) is 6.58 Å². The normalized spacial score (nSPS) is 12.3. The maximum absolute atomic E-state index is 12.7. The van der Waals surface area contributed by atoms with Crippen molar-refractivity contribution in [1.82, 2.24) is 9.62 Å². The highest BCUT2D eigenvalue weighted by Gasteiger charge is 2.28. The topological polar surface area (TPSA) is 62.6 Å². The fourth-order valence-electron chi connectivity index (χ4n) is 1.81. The second-order valence-corrected chi connectivity index (χ2v) is 7.66. The van der Waals surface area contributed by atoms with Crippen molar-refractivity contribution in [3.8, 4) is 0 Å². The first-order valence-electron chi connectivity index (χ1n) is 6.95. The fraction of sp³-hybridized carbons (Fsp3) is 0.571. The minimum atomic E-state index is -3.58. The van der Waals surface area contributed by atoms with Crippen molar-refractivity contribution >= 4 is 26.0 Å². The first kappa shape index (κ1) is 18.4. The lowest BCUT2D eigenvalue weighted by Gasteiger charge is -2.19. The van der Waals surface area contributed by atoms with Crippen LogP contribution in [0.5, 0.6) is 0 Å². The lowest BCUT2D eigenvalue weighted by molar-refractivity contribution is 0.432. The van der Waals surface area contributed by atoms with Crippen LogP contribution in [-0.2, 0) is 16.6 Å². The van der Waals surface area contributed by atoms with Crippen molar-refractivity contribution < 1.29 is 12.8 Å². The molecule has 0 radical (unpaired) electrons. The van der Waals surface area contributed by atoms with E-state index in [0.29, 0.717) is 24.9 Å². The van der Waals surface area contributed by atoms with Crippen LogP contribution in [0.25, 0.3) is 0 Å². The lowest BCUT2D eigenvalue weighted by Crippen LogP contribution is -2.32. The van der Waals surface area contributed by atoms with Crippen molar-refractivity contribution in [3.05, 3.63) is 29.2 Å². The van der Waals surface area contributed by atoms with E-state index < -0.39 is 10.0 Å².